The van der Waals surface area contributed by atoms with E-state index in [2.05, 4.69) is 43.9 Å². The molecule has 3 aliphatic rings. The number of aromatic nitrogens is 4. The van der Waals surface area contributed by atoms with Gasteiger partial charge in [-0.15, -0.1) is 0 Å². The summed E-state index contributed by atoms with van der Waals surface area (Å²) >= 11 is 0. The molecule has 4 heterocycles. The van der Waals surface area contributed by atoms with Gasteiger partial charge in [-0.05, 0) is 49.9 Å². The van der Waals surface area contributed by atoms with Crippen molar-refractivity contribution in [2.75, 3.05) is 54.5 Å². The fourth-order valence-corrected chi connectivity index (χ4v) is 5.21. The lowest BCUT2D eigenvalue weighted by Gasteiger charge is -2.28. The van der Waals surface area contributed by atoms with Crippen molar-refractivity contribution in [2.24, 2.45) is 0 Å². The predicted octanol–water partition coefficient (Wildman–Crippen LogP) is 4.12. The van der Waals surface area contributed by atoms with Crippen molar-refractivity contribution in [3.63, 3.8) is 0 Å². The van der Waals surface area contributed by atoms with Gasteiger partial charge in [-0.1, -0.05) is 12.8 Å². The van der Waals surface area contributed by atoms with E-state index in [-0.39, 0.29) is 0 Å². The molecule has 0 spiro atoms. The maximum absolute atomic E-state index is 5.48. The van der Waals surface area contributed by atoms with Crippen LogP contribution in [0.3, 0.4) is 0 Å². The molecule has 0 bridgehead atoms. The number of fused-ring (bicyclic) bond motifs is 1. The van der Waals surface area contributed by atoms with Crippen LogP contribution in [0, 0.1) is 0 Å². The van der Waals surface area contributed by atoms with Crippen LogP contribution in [0.2, 0.25) is 0 Å². The van der Waals surface area contributed by atoms with Gasteiger partial charge in [-0.3, -0.25) is 0 Å². The van der Waals surface area contributed by atoms with E-state index in [9.17, 15) is 0 Å². The first-order valence-corrected chi connectivity index (χ1v) is 12.0. The molecule has 1 N–H and O–H groups in total. The minimum absolute atomic E-state index is 0.502. The first kappa shape index (κ1) is 19.8. The number of imidazole rings is 1. The first-order chi connectivity index (χ1) is 15.8. The molecule has 3 fully saturated rings. The molecule has 8 nitrogen and oxygen atoms in total. The van der Waals surface area contributed by atoms with Gasteiger partial charge in [-0.25, -0.2) is 4.98 Å². The summed E-state index contributed by atoms with van der Waals surface area (Å²) in [4.78, 5) is 19.4. The van der Waals surface area contributed by atoms with Crippen molar-refractivity contribution >= 4 is 34.3 Å². The zero-order valence-electron chi connectivity index (χ0n) is 18.5. The van der Waals surface area contributed by atoms with Gasteiger partial charge in [-0.2, -0.15) is 9.97 Å². The second-order valence-corrected chi connectivity index (χ2v) is 9.10. The summed E-state index contributed by atoms with van der Waals surface area (Å²) in [5.41, 5.74) is 4.07. The summed E-state index contributed by atoms with van der Waals surface area (Å²) < 4.78 is 7.76. The van der Waals surface area contributed by atoms with Crippen LogP contribution in [0.15, 0.2) is 30.6 Å². The Morgan fingerprint density at radius 3 is 2.34 bits per heavy atom. The molecule has 3 aromatic rings. The Morgan fingerprint density at radius 1 is 0.844 bits per heavy atom. The van der Waals surface area contributed by atoms with Gasteiger partial charge < -0.3 is 24.4 Å². The number of hydrogen-bond donors (Lipinski definition) is 1. The second-order valence-electron chi connectivity index (χ2n) is 9.10. The number of rotatable bonds is 5. The summed E-state index contributed by atoms with van der Waals surface area (Å²) in [6.07, 6.45) is 9.37. The molecule has 2 aromatic heterocycles. The molecule has 0 radical (unpaired) electrons. The Hall–Kier alpha value is -2.87. The number of nitrogens with one attached hydrogen (secondary N) is 1. The first-order valence-electron chi connectivity index (χ1n) is 12.0. The fourth-order valence-electron chi connectivity index (χ4n) is 5.21. The third-order valence-corrected chi connectivity index (χ3v) is 7.02. The Labute approximate surface area is 188 Å². The average Bonchev–Trinajstić information content (AvgIpc) is 3.61. The van der Waals surface area contributed by atoms with E-state index in [0.29, 0.717) is 6.04 Å². The lowest BCUT2D eigenvalue weighted by molar-refractivity contribution is 0.122. The highest BCUT2D eigenvalue weighted by Gasteiger charge is 2.24. The van der Waals surface area contributed by atoms with Crippen molar-refractivity contribution in [3.8, 4) is 0 Å². The minimum Gasteiger partial charge on any atom is -0.378 e. The van der Waals surface area contributed by atoms with Crippen LogP contribution in [0.5, 0.6) is 0 Å². The van der Waals surface area contributed by atoms with Crippen molar-refractivity contribution in [1.29, 1.82) is 0 Å². The van der Waals surface area contributed by atoms with Crippen LogP contribution in [0.4, 0.5) is 23.1 Å². The zero-order chi connectivity index (χ0) is 21.3. The lowest BCUT2D eigenvalue weighted by atomic mass is 10.2. The molecular weight excluding hydrogens is 402 g/mol. The molecule has 1 saturated carbocycles. The average molecular weight is 434 g/mol. The third-order valence-electron chi connectivity index (χ3n) is 7.02. The SMILES string of the molecule is c1cc(N2CCOCC2)ccc1Nc1nc(N2CCCC2)nc2c1ncn2C1CCCC1. The van der Waals surface area contributed by atoms with Crippen molar-refractivity contribution in [3.05, 3.63) is 30.6 Å². The molecule has 1 aliphatic carbocycles. The highest BCUT2D eigenvalue weighted by molar-refractivity contribution is 5.87. The van der Waals surface area contributed by atoms with Crippen LogP contribution in [-0.4, -0.2) is 58.9 Å². The van der Waals surface area contributed by atoms with Crippen LogP contribution >= 0.6 is 0 Å². The van der Waals surface area contributed by atoms with Crippen molar-refractivity contribution in [2.45, 2.75) is 44.6 Å². The molecule has 168 valence electrons. The number of benzene rings is 1. The van der Waals surface area contributed by atoms with Gasteiger partial charge in [0.2, 0.25) is 5.95 Å². The highest BCUT2D eigenvalue weighted by Crippen LogP contribution is 2.34. The Bertz CT molecular complexity index is 1060. The Kier molecular flexibility index (Phi) is 5.30. The predicted molar refractivity (Wildman–Crippen MR) is 127 cm³/mol. The van der Waals surface area contributed by atoms with Gasteiger partial charge in [0.05, 0.1) is 19.5 Å². The maximum Gasteiger partial charge on any atom is 0.229 e. The molecule has 6 rings (SSSR count). The quantitative estimate of drug-likeness (QED) is 0.649. The van der Waals surface area contributed by atoms with E-state index in [1.54, 1.807) is 0 Å². The van der Waals surface area contributed by atoms with E-state index in [0.717, 1.165) is 68.0 Å². The minimum atomic E-state index is 0.502. The van der Waals surface area contributed by atoms with Gasteiger partial charge in [0.15, 0.2) is 17.0 Å². The summed E-state index contributed by atoms with van der Waals surface area (Å²) in [5.74, 6) is 1.62. The standard InChI is InChI=1S/C24H31N7O/c1-2-6-20(5-1)31-17-25-21-22(27-24(28-23(21)31)30-11-3-4-12-30)26-18-7-9-19(10-8-18)29-13-15-32-16-14-29/h7-10,17,20H,1-6,11-16H2,(H,26,27,28). The summed E-state index contributed by atoms with van der Waals surface area (Å²) in [5, 5.41) is 3.55. The van der Waals surface area contributed by atoms with Crippen LogP contribution in [0.1, 0.15) is 44.6 Å². The van der Waals surface area contributed by atoms with Crippen molar-refractivity contribution in [1.82, 2.24) is 19.5 Å². The normalized spacial score (nSPS) is 19.9. The number of anilines is 4. The number of hydrogen-bond acceptors (Lipinski definition) is 7. The van der Waals surface area contributed by atoms with E-state index < -0.39 is 0 Å². The van der Waals surface area contributed by atoms with Gasteiger partial charge in [0.1, 0.15) is 0 Å². The van der Waals surface area contributed by atoms with Crippen LogP contribution in [0.25, 0.3) is 11.2 Å². The number of ether oxygens (including phenoxy) is 1. The van der Waals surface area contributed by atoms with E-state index in [1.807, 2.05) is 6.33 Å². The van der Waals surface area contributed by atoms with Crippen LogP contribution in [-0.2, 0) is 4.74 Å². The maximum atomic E-state index is 5.48. The molecule has 0 unspecified atom stereocenters. The van der Waals surface area contributed by atoms with E-state index in [4.69, 9.17) is 19.7 Å². The number of morpholine rings is 1. The smallest absolute Gasteiger partial charge is 0.229 e. The lowest BCUT2D eigenvalue weighted by Crippen LogP contribution is -2.36. The topological polar surface area (TPSA) is 71.3 Å². The van der Waals surface area contributed by atoms with Crippen LogP contribution < -0.4 is 15.1 Å². The largest absolute Gasteiger partial charge is 0.378 e. The molecular formula is C24H31N7O. The summed E-state index contributed by atoms with van der Waals surface area (Å²) in [7, 11) is 0. The molecule has 2 aliphatic heterocycles. The third kappa shape index (κ3) is 3.77. The van der Waals surface area contributed by atoms with E-state index in [1.165, 1.54) is 44.2 Å². The molecule has 0 atom stereocenters. The summed E-state index contributed by atoms with van der Waals surface area (Å²) in [6, 6.07) is 9.10. The summed E-state index contributed by atoms with van der Waals surface area (Å²) in [6.45, 7) is 5.52. The number of nitrogens with zero attached hydrogens (tertiary/aromatic N) is 6. The highest BCUT2D eigenvalue weighted by atomic mass is 16.5. The van der Waals surface area contributed by atoms with Gasteiger partial charge in [0.25, 0.3) is 0 Å². The van der Waals surface area contributed by atoms with Crippen molar-refractivity contribution < 1.29 is 4.74 Å². The monoisotopic (exact) mass is 433 g/mol. The second kappa shape index (κ2) is 8.58. The van der Waals surface area contributed by atoms with Gasteiger partial charge >= 0.3 is 0 Å². The molecule has 2 saturated heterocycles. The molecule has 8 heteroatoms. The molecule has 0 amide bonds. The molecule has 32 heavy (non-hydrogen) atoms. The Balaban J connectivity index is 1.33. The van der Waals surface area contributed by atoms with Gasteiger partial charge in [0, 0.05) is 43.6 Å². The Morgan fingerprint density at radius 2 is 1.59 bits per heavy atom. The fraction of sp³-hybridized carbons (Fsp3) is 0.542. The van der Waals surface area contributed by atoms with E-state index >= 15 is 0 Å². The molecule has 1 aromatic carbocycles. The zero-order valence-corrected chi connectivity index (χ0v) is 18.5.